The topological polar surface area (TPSA) is 98.9 Å². The average molecular weight is 286 g/mol. The van der Waals surface area contributed by atoms with Crippen molar-refractivity contribution >= 4 is 18.0 Å². The number of hydrogen-bond acceptors (Lipinski definition) is 5. The molecule has 0 radical (unpaired) electrons. The molecule has 7 nitrogen and oxygen atoms in total. The molecule has 7 heteroatoms. The fourth-order valence-electron chi connectivity index (χ4n) is 2.15. The number of nitrogens with two attached hydrogens (primary N) is 1. The molecule has 2 atom stereocenters. The Morgan fingerprint density at radius 1 is 1.20 bits per heavy atom. The number of rotatable bonds is 2. The average Bonchev–Trinajstić information content (AvgIpc) is 2.34. The summed E-state index contributed by atoms with van der Waals surface area (Å²) in [6.45, 7) is 5.26. The number of carbonyl (C=O) groups is 3. The predicted octanol–water partition coefficient (Wildman–Crippen LogP) is 0.660. The van der Waals surface area contributed by atoms with Gasteiger partial charge in [0.2, 0.25) is 5.91 Å². The van der Waals surface area contributed by atoms with E-state index in [0.29, 0.717) is 12.8 Å². The van der Waals surface area contributed by atoms with Gasteiger partial charge in [0.25, 0.3) is 0 Å². The molecule has 2 unspecified atom stereocenters. The number of likely N-dealkylation sites (tertiary alicyclic amines) is 1. The molecule has 0 saturated carbocycles. The largest absolute Gasteiger partial charge is 0.469 e. The lowest BCUT2D eigenvalue weighted by Gasteiger charge is -2.37. The van der Waals surface area contributed by atoms with Gasteiger partial charge in [-0.25, -0.2) is 4.79 Å². The molecule has 1 aliphatic heterocycles. The number of amides is 2. The molecular formula is C13H22N2O5. The van der Waals surface area contributed by atoms with Crippen LogP contribution in [0.1, 0.15) is 33.6 Å². The van der Waals surface area contributed by atoms with Gasteiger partial charge in [-0.1, -0.05) is 0 Å². The molecule has 1 saturated heterocycles. The van der Waals surface area contributed by atoms with Gasteiger partial charge < -0.3 is 15.2 Å². The third kappa shape index (κ3) is 4.11. The van der Waals surface area contributed by atoms with Crippen molar-refractivity contribution in [3.8, 4) is 0 Å². The molecule has 1 rings (SSSR count). The number of ether oxygens (including phenoxy) is 2. The van der Waals surface area contributed by atoms with Crippen molar-refractivity contribution in [2.75, 3.05) is 13.7 Å². The molecular weight excluding hydrogens is 264 g/mol. The normalized spacial score (nSPS) is 23.1. The van der Waals surface area contributed by atoms with E-state index in [2.05, 4.69) is 4.74 Å². The van der Waals surface area contributed by atoms with Crippen LogP contribution in [0, 0.1) is 5.92 Å². The molecule has 2 N–H and O–H groups in total. The van der Waals surface area contributed by atoms with Crippen molar-refractivity contribution in [1.29, 1.82) is 0 Å². The quantitative estimate of drug-likeness (QED) is 0.752. The third-order valence-electron chi connectivity index (χ3n) is 3.07. The zero-order valence-electron chi connectivity index (χ0n) is 12.3. The second kappa shape index (κ2) is 6.11. The van der Waals surface area contributed by atoms with Gasteiger partial charge in [0.15, 0.2) is 0 Å². The molecule has 1 fully saturated rings. The molecule has 1 heterocycles. The maximum atomic E-state index is 12.1. The first kappa shape index (κ1) is 16.3. The summed E-state index contributed by atoms with van der Waals surface area (Å²) < 4.78 is 9.93. The highest BCUT2D eigenvalue weighted by molar-refractivity contribution is 5.85. The Morgan fingerprint density at radius 3 is 2.25 bits per heavy atom. The first-order valence-electron chi connectivity index (χ1n) is 6.52. The highest BCUT2D eigenvalue weighted by Crippen LogP contribution is 2.25. The minimum atomic E-state index is -0.745. The second-order valence-electron chi connectivity index (χ2n) is 5.85. The molecule has 1 aliphatic rings. The number of carbonyl (C=O) groups excluding carboxylic acids is 3. The van der Waals surface area contributed by atoms with Gasteiger partial charge in [-0.15, -0.1) is 0 Å². The van der Waals surface area contributed by atoms with Crippen LogP contribution in [-0.4, -0.2) is 48.2 Å². The van der Waals surface area contributed by atoms with Gasteiger partial charge in [0.1, 0.15) is 11.6 Å². The van der Waals surface area contributed by atoms with Crippen molar-refractivity contribution < 1.29 is 23.9 Å². The van der Waals surface area contributed by atoms with Gasteiger partial charge >= 0.3 is 12.1 Å². The van der Waals surface area contributed by atoms with Gasteiger partial charge in [0.05, 0.1) is 13.0 Å². The fourth-order valence-corrected chi connectivity index (χ4v) is 2.15. The van der Waals surface area contributed by atoms with E-state index >= 15 is 0 Å². The molecule has 20 heavy (non-hydrogen) atoms. The van der Waals surface area contributed by atoms with Crippen molar-refractivity contribution in [2.24, 2.45) is 11.7 Å². The van der Waals surface area contributed by atoms with Crippen LogP contribution in [-0.2, 0) is 19.1 Å². The van der Waals surface area contributed by atoms with Crippen LogP contribution in [0.25, 0.3) is 0 Å². The summed E-state index contributed by atoms with van der Waals surface area (Å²) in [5, 5.41) is 0. The van der Waals surface area contributed by atoms with Crippen molar-refractivity contribution in [3.63, 3.8) is 0 Å². The number of piperidine rings is 1. The summed E-state index contributed by atoms with van der Waals surface area (Å²) >= 11 is 0. The zero-order valence-corrected chi connectivity index (χ0v) is 12.3. The van der Waals surface area contributed by atoms with Crippen molar-refractivity contribution in [3.05, 3.63) is 0 Å². The molecule has 0 aromatic carbocycles. The number of hydrogen-bond donors (Lipinski definition) is 1. The van der Waals surface area contributed by atoms with E-state index in [4.69, 9.17) is 10.5 Å². The lowest BCUT2D eigenvalue weighted by molar-refractivity contribution is -0.148. The molecule has 0 aliphatic carbocycles. The van der Waals surface area contributed by atoms with Crippen LogP contribution in [0.15, 0.2) is 0 Å². The summed E-state index contributed by atoms with van der Waals surface area (Å²) in [6, 6.07) is -0.745. The standard InChI is InChI=1S/C13H22N2O5/c1-13(2,3)20-12(18)15-7-8(11(17)19-4)5-6-9(15)10(14)16/h8-9H,5-7H2,1-4H3,(H2,14,16). The monoisotopic (exact) mass is 286 g/mol. The molecule has 114 valence electrons. The van der Waals surface area contributed by atoms with Crippen LogP contribution < -0.4 is 5.73 Å². The smallest absolute Gasteiger partial charge is 0.410 e. The predicted molar refractivity (Wildman–Crippen MR) is 70.7 cm³/mol. The summed E-state index contributed by atoms with van der Waals surface area (Å²) in [6.07, 6.45) is 0.142. The Bertz CT molecular complexity index is 402. The van der Waals surface area contributed by atoms with E-state index in [9.17, 15) is 14.4 Å². The second-order valence-corrected chi connectivity index (χ2v) is 5.85. The lowest BCUT2D eigenvalue weighted by atomic mass is 9.92. The highest BCUT2D eigenvalue weighted by Gasteiger charge is 2.39. The Balaban J connectivity index is 2.86. The first-order chi connectivity index (χ1) is 9.15. The Kier molecular flexibility index (Phi) is 4.97. The van der Waals surface area contributed by atoms with E-state index in [1.165, 1.54) is 12.0 Å². The van der Waals surface area contributed by atoms with E-state index < -0.39 is 35.5 Å². The van der Waals surface area contributed by atoms with Crippen molar-refractivity contribution in [2.45, 2.75) is 45.3 Å². The van der Waals surface area contributed by atoms with Crippen LogP contribution in [0.4, 0.5) is 4.79 Å². The van der Waals surface area contributed by atoms with E-state index in [1.54, 1.807) is 20.8 Å². The van der Waals surface area contributed by atoms with Crippen LogP contribution in [0.2, 0.25) is 0 Å². The highest BCUT2D eigenvalue weighted by atomic mass is 16.6. The number of nitrogens with zero attached hydrogens (tertiary/aromatic N) is 1. The molecule has 0 bridgehead atoms. The first-order valence-corrected chi connectivity index (χ1v) is 6.52. The van der Waals surface area contributed by atoms with Gasteiger partial charge in [-0.2, -0.15) is 0 Å². The summed E-state index contributed by atoms with van der Waals surface area (Å²) in [5.41, 5.74) is 4.63. The number of primary amides is 1. The third-order valence-corrected chi connectivity index (χ3v) is 3.07. The summed E-state index contributed by atoms with van der Waals surface area (Å²) in [5.74, 6) is -1.45. The maximum Gasteiger partial charge on any atom is 0.410 e. The van der Waals surface area contributed by atoms with Crippen LogP contribution >= 0.6 is 0 Å². The van der Waals surface area contributed by atoms with Gasteiger partial charge in [0, 0.05) is 6.54 Å². The van der Waals surface area contributed by atoms with Gasteiger partial charge in [-0.3, -0.25) is 14.5 Å². The van der Waals surface area contributed by atoms with Crippen LogP contribution in [0.3, 0.4) is 0 Å². The Labute approximate surface area is 118 Å². The summed E-state index contributed by atoms with van der Waals surface area (Å²) in [4.78, 5) is 36.4. The molecule has 2 amide bonds. The van der Waals surface area contributed by atoms with Crippen molar-refractivity contribution in [1.82, 2.24) is 4.90 Å². The molecule has 0 spiro atoms. The SMILES string of the molecule is COC(=O)C1CCC(C(N)=O)N(C(=O)OC(C)(C)C)C1. The van der Waals surface area contributed by atoms with E-state index in [-0.39, 0.29) is 6.54 Å². The minimum absolute atomic E-state index is 0.0786. The maximum absolute atomic E-state index is 12.1. The van der Waals surface area contributed by atoms with E-state index in [0.717, 1.165) is 0 Å². The lowest BCUT2D eigenvalue weighted by Crippen LogP contribution is -2.55. The van der Waals surface area contributed by atoms with Gasteiger partial charge in [-0.05, 0) is 33.6 Å². The number of esters is 1. The Hall–Kier alpha value is -1.79. The molecule has 0 aromatic rings. The Morgan fingerprint density at radius 2 is 1.80 bits per heavy atom. The zero-order chi connectivity index (χ0) is 15.5. The van der Waals surface area contributed by atoms with Crippen LogP contribution in [0.5, 0.6) is 0 Å². The molecule has 0 aromatic heterocycles. The summed E-state index contributed by atoms with van der Waals surface area (Å²) in [7, 11) is 1.29. The minimum Gasteiger partial charge on any atom is -0.469 e. The fraction of sp³-hybridized carbons (Fsp3) is 0.769. The van der Waals surface area contributed by atoms with E-state index in [1.807, 2.05) is 0 Å². The number of methoxy groups -OCH3 is 1.